The lowest BCUT2D eigenvalue weighted by Gasteiger charge is -2.03. The molecule has 1 nitrogen and oxygen atoms in total. The van der Waals surface area contributed by atoms with Gasteiger partial charge >= 0.3 is 0 Å². The van der Waals surface area contributed by atoms with Gasteiger partial charge in [0.25, 0.3) is 0 Å². The van der Waals surface area contributed by atoms with Crippen molar-refractivity contribution in [3.8, 4) is 0 Å². The molecule has 2 fully saturated rings. The number of rotatable bonds is 1. The zero-order chi connectivity index (χ0) is 5.56. The molecule has 46 valence electrons. The molecule has 1 heterocycles. The predicted octanol–water partition coefficient (Wildman–Crippen LogP) is 1.56. The van der Waals surface area contributed by atoms with Crippen molar-refractivity contribution in [2.75, 3.05) is 5.33 Å². The zero-order valence-corrected chi connectivity index (χ0v) is 6.23. The first kappa shape index (κ1) is 5.24. The number of fused-ring (bicyclic) bond motifs is 1. The molecule has 1 aliphatic heterocycles. The Kier molecular flexibility index (Phi) is 1.12. The standard InChI is InChI=1S/C6H9BrO/c7-3-4-1-5-6(2-4)8-5/h4-6H,1-3H2/t5-,6-/m0/s1. The van der Waals surface area contributed by atoms with Crippen LogP contribution < -0.4 is 0 Å². The van der Waals surface area contributed by atoms with Crippen molar-refractivity contribution in [2.24, 2.45) is 5.92 Å². The second-order valence-corrected chi connectivity index (χ2v) is 3.35. The highest BCUT2D eigenvalue weighted by Crippen LogP contribution is 2.42. The van der Waals surface area contributed by atoms with Crippen LogP contribution in [0.3, 0.4) is 0 Å². The summed E-state index contributed by atoms with van der Waals surface area (Å²) in [6.07, 6.45) is 3.93. The average Bonchev–Trinajstić information content (AvgIpc) is 2.40. The second-order valence-electron chi connectivity index (χ2n) is 2.70. The number of ether oxygens (including phenoxy) is 1. The summed E-state index contributed by atoms with van der Waals surface area (Å²) in [6, 6.07) is 0. The highest BCUT2D eigenvalue weighted by molar-refractivity contribution is 9.09. The Morgan fingerprint density at radius 1 is 1.38 bits per heavy atom. The van der Waals surface area contributed by atoms with Crippen LogP contribution in [0.5, 0.6) is 0 Å². The molecular formula is C6H9BrO. The largest absolute Gasteiger partial charge is 0.370 e. The minimum Gasteiger partial charge on any atom is -0.370 e. The molecule has 0 N–H and O–H groups in total. The molecule has 1 saturated heterocycles. The number of alkyl halides is 1. The first-order chi connectivity index (χ1) is 3.90. The molecule has 2 atom stereocenters. The normalized spacial score (nSPS) is 44.6. The summed E-state index contributed by atoms with van der Waals surface area (Å²) in [5, 5.41) is 1.17. The van der Waals surface area contributed by atoms with Crippen LogP contribution in [0.2, 0.25) is 0 Å². The van der Waals surface area contributed by atoms with Crippen molar-refractivity contribution in [1.29, 1.82) is 0 Å². The Hall–Kier alpha value is 0.440. The summed E-state index contributed by atoms with van der Waals surface area (Å²) < 4.78 is 5.26. The van der Waals surface area contributed by atoms with Crippen LogP contribution in [-0.2, 0) is 4.74 Å². The third-order valence-corrected chi connectivity index (χ3v) is 2.95. The number of hydrogen-bond acceptors (Lipinski definition) is 1. The van der Waals surface area contributed by atoms with Crippen molar-refractivity contribution in [2.45, 2.75) is 25.0 Å². The minimum absolute atomic E-state index is 0.664. The van der Waals surface area contributed by atoms with Crippen LogP contribution in [0.15, 0.2) is 0 Å². The molecule has 1 saturated carbocycles. The van der Waals surface area contributed by atoms with Crippen molar-refractivity contribution in [3.05, 3.63) is 0 Å². The average molecular weight is 177 g/mol. The van der Waals surface area contributed by atoms with E-state index in [1.807, 2.05) is 0 Å². The van der Waals surface area contributed by atoms with Crippen molar-refractivity contribution < 1.29 is 4.74 Å². The maximum absolute atomic E-state index is 5.26. The molecule has 0 amide bonds. The fourth-order valence-electron chi connectivity index (χ4n) is 1.47. The van der Waals surface area contributed by atoms with Crippen LogP contribution in [0.25, 0.3) is 0 Å². The highest BCUT2D eigenvalue weighted by atomic mass is 79.9. The molecule has 2 aliphatic rings. The topological polar surface area (TPSA) is 12.5 Å². The number of halogens is 1. The molecule has 0 radical (unpaired) electrons. The first-order valence-electron chi connectivity index (χ1n) is 3.11. The van der Waals surface area contributed by atoms with Gasteiger partial charge in [-0.2, -0.15) is 0 Å². The van der Waals surface area contributed by atoms with E-state index < -0.39 is 0 Å². The van der Waals surface area contributed by atoms with Crippen molar-refractivity contribution in [3.63, 3.8) is 0 Å². The summed E-state index contributed by atoms with van der Waals surface area (Å²) >= 11 is 3.47. The molecule has 0 bridgehead atoms. The Bertz CT molecular complexity index is 94.7. The Morgan fingerprint density at radius 3 is 2.38 bits per heavy atom. The fraction of sp³-hybridized carbons (Fsp3) is 1.00. The molecule has 8 heavy (non-hydrogen) atoms. The molecule has 0 aromatic carbocycles. The van der Waals surface area contributed by atoms with Crippen molar-refractivity contribution in [1.82, 2.24) is 0 Å². The SMILES string of the molecule is BrCC1C[C@@H]2O[C@H]2C1. The van der Waals surface area contributed by atoms with Gasteiger partial charge in [-0.05, 0) is 18.8 Å². The van der Waals surface area contributed by atoms with Crippen LogP contribution >= 0.6 is 15.9 Å². The van der Waals surface area contributed by atoms with Gasteiger partial charge in [-0.1, -0.05) is 15.9 Å². The van der Waals surface area contributed by atoms with E-state index in [1.165, 1.54) is 18.2 Å². The molecule has 0 unspecified atom stereocenters. The van der Waals surface area contributed by atoms with Crippen LogP contribution in [0.4, 0.5) is 0 Å². The van der Waals surface area contributed by atoms with Crippen molar-refractivity contribution >= 4 is 15.9 Å². The van der Waals surface area contributed by atoms with Gasteiger partial charge < -0.3 is 4.74 Å². The number of epoxide rings is 1. The van der Waals surface area contributed by atoms with Gasteiger partial charge in [0.1, 0.15) is 0 Å². The molecule has 2 heteroatoms. The van der Waals surface area contributed by atoms with Crippen LogP contribution in [0, 0.1) is 5.92 Å². The molecule has 0 aromatic heterocycles. The fourth-order valence-corrected chi connectivity index (χ4v) is 2.00. The Morgan fingerprint density at radius 2 is 2.00 bits per heavy atom. The summed E-state index contributed by atoms with van der Waals surface area (Å²) in [4.78, 5) is 0. The van der Waals surface area contributed by atoms with E-state index in [1.54, 1.807) is 0 Å². The highest BCUT2D eigenvalue weighted by Gasteiger charge is 2.47. The maximum Gasteiger partial charge on any atom is 0.0845 e. The van der Waals surface area contributed by atoms with Gasteiger partial charge in [0.05, 0.1) is 12.2 Å². The molecule has 2 rings (SSSR count). The van der Waals surface area contributed by atoms with Crippen LogP contribution in [0.1, 0.15) is 12.8 Å². The van der Waals surface area contributed by atoms with Gasteiger partial charge in [0.15, 0.2) is 0 Å². The van der Waals surface area contributed by atoms with Gasteiger partial charge in [-0.3, -0.25) is 0 Å². The van der Waals surface area contributed by atoms with Gasteiger partial charge in [0.2, 0.25) is 0 Å². The molecule has 0 aromatic rings. The van der Waals surface area contributed by atoms with Gasteiger partial charge in [-0.25, -0.2) is 0 Å². The molecular weight excluding hydrogens is 168 g/mol. The Labute approximate surface area is 57.5 Å². The lowest BCUT2D eigenvalue weighted by Crippen LogP contribution is -1.98. The smallest absolute Gasteiger partial charge is 0.0845 e. The van der Waals surface area contributed by atoms with Crippen LogP contribution in [-0.4, -0.2) is 17.5 Å². The minimum atomic E-state index is 0.664. The second kappa shape index (κ2) is 1.71. The monoisotopic (exact) mass is 176 g/mol. The quantitative estimate of drug-likeness (QED) is 0.437. The maximum atomic E-state index is 5.26. The number of hydrogen-bond donors (Lipinski definition) is 0. The third kappa shape index (κ3) is 0.705. The summed E-state index contributed by atoms with van der Waals surface area (Å²) in [5.41, 5.74) is 0. The van der Waals surface area contributed by atoms with E-state index in [-0.39, 0.29) is 0 Å². The van der Waals surface area contributed by atoms with E-state index >= 15 is 0 Å². The summed E-state index contributed by atoms with van der Waals surface area (Å²) in [6.45, 7) is 0. The third-order valence-electron chi connectivity index (χ3n) is 2.04. The van der Waals surface area contributed by atoms with E-state index in [2.05, 4.69) is 15.9 Å². The van der Waals surface area contributed by atoms with E-state index in [0.29, 0.717) is 12.2 Å². The Balaban J connectivity index is 1.89. The lowest BCUT2D eigenvalue weighted by molar-refractivity contribution is 0.286. The summed E-state index contributed by atoms with van der Waals surface area (Å²) in [5.74, 6) is 0.916. The zero-order valence-electron chi connectivity index (χ0n) is 4.64. The lowest BCUT2D eigenvalue weighted by atomic mass is 10.1. The predicted molar refractivity (Wildman–Crippen MR) is 35.2 cm³/mol. The summed E-state index contributed by atoms with van der Waals surface area (Å²) in [7, 11) is 0. The van der Waals surface area contributed by atoms with E-state index in [4.69, 9.17) is 4.74 Å². The van der Waals surface area contributed by atoms with Gasteiger partial charge in [-0.15, -0.1) is 0 Å². The first-order valence-corrected chi connectivity index (χ1v) is 4.23. The van der Waals surface area contributed by atoms with E-state index in [9.17, 15) is 0 Å². The van der Waals surface area contributed by atoms with Gasteiger partial charge in [0, 0.05) is 5.33 Å². The van der Waals surface area contributed by atoms with E-state index in [0.717, 1.165) is 5.92 Å². The molecule has 1 aliphatic carbocycles. The molecule has 0 spiro atoms.